The average Bonchev–Trinajstić information content (AvgIpc) is 2.57. The molecule has 2 N–H and O–H groups in total. The van der Waals surface area contributed by atoms with Crippen LogP contribution >= 0.6 is 0 Å². The van der Waals surface area contributed by atoms with Crippen molar-refractivity contribution < 1.29 is 28.9 Å². The molecule has 27 heavy (non-hydrogen) atoms. The summed E-state index contributed by atoms with van der Waals surface area (Å²) in [5.41, 5.74) is 0.325. The zero-order valence-electron chi connectivity index (χ0n) is 16.9. The second-order valence-corrected chi connectivity index (χ2v) is 7.49. The van der Waals surface area contributed by atoms with Crippen LogP contribution in [0.4, 0.5) is 4.79 Å². The van der Waals surface area contributed by atoms with E-state index in [0.29, 0.717) is 6.42 Å². The van der Waals surface area contributed by atoms with Gasteiger partial charge in [0, 0.05) is 7.11 Å². The van der Waals surface area contributed by atoms with Crippen molar-refractivity contribution in [2.24, 2.45) is 5.92 Å². The summed E-state index contributed by atoms with van der Waals surface area (Å²) in [5.74, 6) is -1.08. The Labute approximate surface area is 161 Å². The number of amides is 1. The molecule has 1 aromatic carbocycles. The van der Waals surface area contributed by atoms with Gasteiger partial charge in [0.15, 0.2) is 6.29 Å². The average molecular weight is 381 g/mol. The van der Waals surface area contributed by atoms with Gasteiger partial charge >= 0.3 is 12.1 Å². The van der Waals surface area contributed by atoms with Crippen LogP contribution in [0.5, 0.6) is 0 Å². The molecular formula is C20H31NO6. The molecule has 0 spiro atoms. The molecule has 1 rings (SSSR count). The number of nitrogens with one attached hydrogen (secondary N) is 1. The van der Waals surface area contributed by atoms with E-state index in [1.807, 2.05) is 30.3 Å². The second kappa shape index (κ2) is 10.3. The van der Waals surface area contributed by atoms with Crippen molar-refractivity contribution in [2.75, 3.05) is 7.11 Å². The predicted molar refractivity (Wildman–Crippen MR) is 101 cm³/mol. The summed E-state index contributed by atoms with van der Waals surface area (Å²) in [6.45, 7) is 8.40. The molecule has 0 saturated heterocycles. The van der Waals surface area contributed by atoms with E-state index in [1.165, 1.54) is 14.0 Å². The van der Waals surface area contributed by atoms with Crippen molar-refractivity contribution in [3.05, 3.63) is 35.9 Å². The SMILES string of the molecule is COC(O)[C@@H](Cc1ccccc1)[C@H](C)OC(=O)[C@H](C)NC(=O)OC(C)(C)C. The molecule has 0 saturated carbocycles. The van der Waals surface area contributed by atoms with Gasteiger partial charge in [0.05, 0.1) is 5.92 Å². The van der Waals surface area contributed by atoms with Gasteiger partial charge in [-0.25, -0.2) is 9.59 Å². The van der Waals surface area contributed by atoms with Gasteiger partial charge in [-0.3, -0.25) is 0 Å². The summed E-state index contributed by atoms with van der Waals surface area (Å²) >= 11 is 0. The normalized spacial score (nSPS) is 16.0. The Bertz CT molecular complexity index is 598. The number of ether oxygens (including phenoxy) is 3. The van der Waals surface area contributed by atoms with Crippen LogP contribution in [0.1, 0.15) is 40.2 Å². The maximum Gasteiger partial charge on any atom is 0.408 e. The molecule has 4 atom stereocenters. The Morgan fingerprint density at radius 2 is 1.74 bits per heavy atom. The first-order chi connectivity index (χ1) is 12.5. The molecule has 0 aliphatic rings. The Morgan fingerprint density at radius 3 is 2.26 bits per heavy atom. The van der Waals surface area contributed by atoms with Gasteiger partial charge in [0.2, 0.25) is 0 Å². The highest BCUT2D eigenvalue weighted by atomic mass is 16.6. The van der Waals surface area contributed by atoms with E-state index < -0.39 is 42.0 Å². The smallest absolute Gasteiger partial charge is 0.408 e. The summed E-state index contributed by atoms with van der Waals surface area (Å²) in [7, 11) is 1.39. The zero-order chi connectivity index (χ0) is 20.6. The Hall–Kier alpha value is -2.12. The summed E-state index contributed by atoms with van der Waals surface area (Å²) in [6.07, 6.45) is -1.95. The van der Waals surface area contributed by atoms with Crippen LogP contribution in [0.2, 0.25) is 0 Å². The second-order valence-electron chi connectivity index (χ2n) is 7.49. The van der Waals surface area contributed by atoms with E-state index in [1.54, 1.807) is 27.7 Å². The Kier molecular flexibility index (Phi) is 8.72. The number of rotatable bonds is 8. The molecule has 0 radical (unpaired) electrons. The third-order valence-corrected chi connectivity index (χ3v) is 3.91. The number of hydrogen-bond donors (Lipinski definition) is 2. The third-order valence-electron chi connectivity index (χ3n) is 3.91. The number of carbonyl (C=O) groups is 2. The first-order valence-corrected chi connectivity index (χ1v) is 8.98. The minimum Gasteiger partial charge on any atom is -0.461 e. The van der Waals surface area contributed by atoms with Gasteiger partial charge in [-0.2, -0.15) is 0 Å². The van der Waals surface area contributed by atoms with Crippen LogP contribution < -0.4 is 5.32 Å². The van der Waals surface area contributed by atoms with Crippen LogP contribution in [0.3, 0.4) is 0 Å². The van der Waals surface area contributed by atoms with Gasteiger partial charge in [-0.15, -0.1) is 0 Å². The van der Waals surface area contributed by atoms with Gasteiger partial charge in [0.1, 0.15) is 17.7 Å². The highest BCUT2D eigenvalue weighted by molar-refractivity contribution is 5.81. The summed E-state index contributed by atoms with van der Waals surface area (Å²) in [4.78, 5) is 24.1. The fourth-order valence-electron chi connectivity index (χ4n) is 2.48. The van der Waals surface area contributed by atoms with Crippen LogP contribution in [-0.4, -0.2) is 48.3 Å². The lowest BCUT2D eigenvalue weighted by Gasteiger charge is -2.28. The monoisotopic (exact) mass is 381 g/mol. The van der Waals surface area contributed by atoms with E-state index in [9.17, 15) is 14.7 Å². The Morgan fingerprint density at radius 1 is 1.15 bits per heavy atom. The zero-order valence-corrected chi connectivity index (χ0v) is 16.9. The molecule has 0 aliphatic heterocycles. The lowest BCUT2D eigenvalue weighted by molar-refractivity contribution is -0.170. The van der Waals surface area contributed by atoms with Gasteiger partial charge in [0.25, 0.3) is 0 Å². The van der Waals surface area contributed by atoms with Crippen molar-refractivity contribution in [1.82, 2.24) is 5.32 Å². The molecule has 7 nitrogen and oxygen atoms in total. The lowest BCUT2D eigenvalue weighted by Crippen LogP contribution is -2.45. The quantitative estimate of drug-likeness (QED) is 0.531. The number of aliphatic hydroxyl groups excluding tert-OH is 1. The number of hydrogen-bond acceptors (Lipinski definition) is 6. The number of methoxy groups -OCH3 is 1. The van der Waals surface area contributed by atoms with E-state index in [-0.39, 0.29) is 0 Å². The molecule has 0 fully saturated rings. The van der Waals surface area contributed by atoms with Crippen molar-refractivity contribution in [3.63, 3.8) is 0 Å². The summed E-state index contributed by atoms with van der Waals surface area (Å²) in [6, 6.07) is 8.66. The molecule has 0 aliphatic carbocycles. The number of esters is 1. The highest BCUT2D eigenvalue weighted by Gasteiger charge is 2.30. The van der Waals surface area contributed by atoms with Crippen molar-refractivity contribution in [1.29, 1.82) is 0 Å². The molecule has 0 bridgehead atoms. The largest absolute Gasteiger partial charge is 0.461 e. The summed E-state index contributed by atoms with van der Waals surface area (Å²) < 4.78 is 15.6. The fourth-order valence-corrected chi connectivity index (χ4v) is 2.48. The molecule has 152 valence electrons. The summed E-state index contributed by atoms with van der Waals surface area (Å²) in [5, 5.41) is 12.6. The van der Waals surface area contributed by atoms with E-state index in [0.717, 1.165) is 5.56 Å². The molecule has 1 aromatic rings. The van der Waals surface area contributed by atoms with Gasteiger partial charge in [-0.1, -0.05) is 30.3 Å². The van der Waals surface area contributed by atoms with Crippen LogP contribution in [-0.2, 0) is 25.4 Å². The van der Waals surface area contributed by atoms with E-state index in [2.05, 4.69) is 5.32 Å². The van der Waals surface area contributed by atoms with Gasteiger partial charge < -0.3 is 24.6 Å². The topological polar surface area (TPSA) is 94.1 Å². The number of aliphatic hydroxyl groups is 1. The Balaban J connectivity index is 2.69. The van der Waals surface area contributed by atoms with Crippen LogP contribution in [0, 0.1) is 5.92 Å². The van der Waals surface area contributed by atoms with Crippen molar-refractivity contribution >= 4 is 12.1 Å². The van der Waals surface area contributed by atoms with E-state index >= 15 is 0 Å². The van der Waals surface area contributed by atoms with Crippen molar-refractivity contribution in [3.8, 4) is 0 Å². The lowest BCUT2D eigenvalue weighted by atomic mass is 9.94. The fraction of sp³-hybridized carbons (Fsp3) is 0.600. The number of carbonyl (C=O) groups excluding carboxylic acids is 2. The molecular weight excluding hydrogens is 350 g/mol. The first kappa shape index (κ1) is 22.9. The molecule has 0 aromatic heterocycles. The standard InChI is InChI=1S/C20H31NO6/c1-13(21-19(24)27-20(3,4)5)17(22)26-14(2)16(18(23)25-6)12-15-10-8-7-9-11-15/h7-11,13-14,16,18,23H,12H2,1-6H3,(H,21,24)/t13-,14-,16-,18?/m0/s1. The van der Waals surface area contributed by atoms with Crippen LogP contribution in [0.25, 0.3) is 0 Å². The molecule has 1 unspecified atom stereocenters. The number of alkyl carbamates (subject to hydrolysis) is 1. The highest BCUT2D eigenvalue weighted by Crippen LogP contribution is 2.20. The molecule has 0 heterocycles. The van der Waals surface area contributed by atoms with Crippen LogP contribution in [0.15, 0.2) is 30.3 Å². The number of benzene rings is 1. The van der Waals surface area contributed by atoms with Crippen molar-refractivity contribution in [2.45, 2.75) is 65.1 Å². The predicted octanol–water partition coefficient (Wildman–Crippen LogP) is 2.66. The van der Waals surface area contributed by atoms with Gasteiger partial charge in [-0.05, 0) is 46.6 Å². The third kappa shape index (κ3) is 8.41. The van der Waals surface area contributed by atoms with E-state index in [4.69, 9.17) is 14.2 Å². The minimum atomic E-state index is -1.10. The maximum absolute atomic E-state index is 12.3. The molecule has 7 heteroatoms. The first-order valence-electron chi connectivity index (χ1n) is 8.98. The maximum atomic E-state index is 12.3. The minimum absolute atomic E-state index is 0.463. The molecule has 1 amide bonds.